The van der Waals surface area contributed by atoms with Crippen molar-refractivity contribution >= 4 is 5.91 Å². The topological polar surface area (TPSA) is 32.3 Å². The molecule has 3 nitrogen and oxygen atoms in total. The first-order chi connectivity index (χ1) is 10.1. The van der Waals surface area contributed by atoms with Crippen LogP contribution in [0.15, 0.2) is 18.2 Å². The summed E-state index contributed by atoms with van der Waals surface area (Å²) in [6, 6.07) is 6.51. The van der Waals surface area contributed by atoms with Crippen LogP contribution in [0.25, 0.3) is 0 Å². The van der Waals surface area contributed by atoms with E-state index in [0.29, 0.717) is 12.5 Å². The molecule has 3 heteroatoms. The van der Waals surface area contributed by atoms with Gasteiger partial charge in [0.25, 0.3) is 0 Å². The highest BCUT2D eigenvalue weighted by Gasteiger charge is 2.43. The molecule has 1 aliphatic carbocycles. The average molecular weight is 286 g/mol. The maximum Gasteiger partial charge on any atom is 0.240 e. The summed E-state index contributed by atoms with van der Waals surface area (Å²) >= 11 is 0. The molecule has 2 aliphatic rings. The van der Waals surface area contributed by atoms with Gasteiger partial charge in [-0.2, -0.15) is 0 Å². The maximum absolute atomic E-state index is 12.7. The van der Waals surface area contributed by atoms with Crippen LogP contribution >= 0.6 is 0 Å². The molecule has 21 heavy (non-hydrogen) atoms. The van der Waals surface area contributed by atoms with Crippen LogP contribution in [0, 0.1) is 25.7 Å². The highest BCUT2D eigenvalue weighted by molar-refractivity contribution is 5.82. The molecule has 3 rings (SSSR count). The molecule has 1 aromatic carbocycles. The number of amides is 1. The van der Waals surface area contributed by atoms with Crippen LogP contribution in [-0.4, -0.2) is 30.4 Å². The Bertz CT molecular complexity index is 540. The van der Waals surface area contributed by atoms with Gasteiger partial charge in [-0.15, -0.1) is 0 Å². The van der Waals surface area contributed by atoms with Gasteiger partial charge in [0.2, 0.25) is 5.91 Å². The maximum atomic E-state index is 12.7. The SMILES string of the molecule is Cc1ccc(CN(C)C(=O)C2NCC3CCCC32)c(C)c1. The van der Waals surface area contributed by atoms with Gasteiger partial charge in [0, 0.05) is 13.6 Å². The van der Waals surface area contributed by atoms with Gasteiger partial charge in [-0.05, 0) is 56.2 Å². The van der Waals surface area contributed by atoms with E-state index < -0.39 is 0 Å². The Morgan fingerprint density at radius 1 is 1.33 bits per heavy atom. The number of rotatable bonds is 3. The predicted octanol–water partition coefficient (Wildman–Crippen LogP) is 2.65. The molecule has 1 aliphatic heterocycles. The lowest BCUT2D eigenvalue weighted by Crippen LogP contribution is -2.44. The van der Waals surface area contributed by atoms with E-state index >= 15 is 0 Å². The van der Waals surface area contributed by atoms with Crippen LogP contribution in [0.5, 0.6) is 0 Å². The number of likely N-dealkylation sites (N-methyl/N-ethyl adjacent to an activating group) is 1. The summed E-state index contributed by atoms with van der Waals surface area (Å²) in [6.45, 7) is 5.97. The summed E-state index contributed by atoms with van der Waals surface area (Å²) in [5.74, 6) is 1.57. The lowest BCUT2D eigenvalue weighted by Gasteiger charge is -2.25. The van der Waals surface area contributed by atoms with E-state index in [1.165, 1.54) is 36.0 Å². The van der Waals surface area contributed by atoms with Gasteiger partial charge < -0.3 is 10.2 Å². The second-order valence-corrected chi connectivity index (χ2v) is 6.86. The minimum atomic E-state index is 0.0493. The fourth-order valence-electron chi connectivity index (χ4n) is 4.05. The third-order valence-electron chi connectivity index (χ3n) is 5.29. The number of nitrogens with one attached hydrogen (secondary N) is 1. The predicted molar refractivity (Wildman–Crippen MR) is 85.0 cm³/mol. The highest BCUT2D eigenvalue weighted by Crippen LogP contribution is 2.38. The van der Waals surface area contributed by atoms with E-state index in [-0.39, 0.29) is 11.9 Å². The minimum absolute atomic E-state index is 0.0493. The van der Waals surface area contributed by atoms with Crippen molar-refractivity contribution in [1.29, 1.82) is 0 Å². The molecule has 3 unspecified atom stereocenters. The second kappa shape index (κ2) is 5.80. The zero-order valence-electron chi connectivity index (χ0n) is 13.4. The standard InChI is InChI=1S/C18H26N2O/c1-12-7-8-15(13(2)9-12)11-20(3)18(21)17-16-6-4-5-14(16)10-19-17/h7-9,14,16-17,19H,4-6,10-11H2,1-3H3. The van der Waals surface area contributed by atoms with Crippen LogP contribution in [-0.2, 0) is 11.3 Å². The molecular formula is C18H26N2O. The van der Waals surface area contributed by atoms with Crippen LogP contribution < -0.4 is 5.32 Å². The van der Waals surface area contributed by atoms with Crippen molar-refractivity contribution in [2.45, 2.75) is 45.7 Å². The number of hydrogen-bond acceptors (Lipinski definition) is 2. The number of carbonyl (C=O) groups is 1. The molecule has 2 fully saturated rings. The number of carbonyl (C=O) groups excluding carboxylic acids is 1. The van der Waals surface area contributed by atoms with E-state index in [2.05, 4.69) is 37.4 Å². The Hall–Kier alpha value is -1.35. The van der Waals surface area contributed by atoms with Crippen molar-refractivity contribution in [3.63, 3.8) is 0 Å². The Balaban J connectivity index is 1.67. The van der Waals surface area contributed by atoms with Crippen LogP contribution in [0.2, 0.25) is 0 Å². The molecule has 0 bridgehead atoms. The lowest BCUT2D eigenvalue weighted by atomic mass is 9.93. The fourth-order valence-corrected chi connectivity index (χ4v) is 4.05. The summed E-state index contributed by atoms with van der Waals surface area (Å²) < 4.78 is 0. The smallest absolute Gasteiger partial charge is 0.240 e. The quantitative estimate of drug-likeness (QED) is 0.926. The molecule has 3 atom stereocenters. The normalized spacial score (nSPS) is 27.7. The zero-order valence-corrected chi connectivity index (χ0v) is 13.4. The van der Waals surface area contributed by atoms with Crippen molar-refractivity contribution in [2.75, 3.05) is 13.6 Å². The fraction of sp³-hybridized carbons (Fsp3) is 0.611. The van der Waals surface area contributed by atoms with Crippen molar-refractivity contribution in [3.8, 4) is 0 Å². The zero-order chi connectivity index (χ0) is 15.0. The monoisotopic (exact) mass is 286 g/mol. The molecule has 1 saturated carbocycles. The van der Waals surface area contributed by atoms with Gasteiger partial charge in [0.1, 0.15) is 0 Å². The summed E-state index contributed by atoms with van der Waals surface area (Å²) in [7, 11) is 1.94. The minimum Gasteiger partial charge on any atom is -0.340 e. The van der Waals surface area contributed by atoms with Gasteiger partial charge in [-0.3, -0.25) is 4.79 Å². The molecule has 0 radical (unpaired) electrons. The molecule has 1 N–H and O–H groups in total. The highest BCUT2D eigenvalue weighted by atomic mass is 16.2. The van der Waals surface area contributed by atoms with Crippen molar-refractivity contribution < 1.29 is 4.79 Å². The van der Waals surface area contributed by atoms with Crippen molar-refractivity contribution in [1.82, 2.24) is 10.2 Å². The van der Waals surface area contributed by atoms with E-state index in [0.717, 1.165) is 12.5 Å². The third-order valence-corrected chi connectivity index (χ3v) is 5.29. The Morgan fingerprint density at radius 2 is 2.14 bits per heavy atom. The van der Waals surface area contributed by atoms with Crippen LogP contribution in [0.4, 0.5) is 0 Å². The molecule has 1 aromatic rings. The number of aryl methyl sites for hydroxylation is 2. The van der Waals surface area contributed by atoms with Gasteiger partial charge in [-0.1, -0.05) is 30.2 Å². The van der Waals surface area contributed by atoms with Gasteiger partial charge in [0.15, 0.2) is 0 Å². The molecule has 0 aromatic heterocycles. The molecule has 114 valence electrons. The van der Waals surface area contributed by atoms with Crippen LogP contribution in [0.3, 0.4) is 0 Å². The number of hydrogen-bond donors (Lipinski definition) is 1. The number of fused-ring (bicyclic) bond motifs is 1. The second-order valence-electron chi connectivity index (χ2n) is 6.86. The summed E-state index contributed by atoms with van der Waals surface area (Å²) in [6.07, 6.45) is 3.80. The summed E-state index contributed by atoms with van der Waals surface area (Å²) in [4.78, 5) is 14.6. The van der Waals surface area contributed by atoms with Crippen molar-refractivity contribution in [2.24, 2.45) is 11.8 Å². The van der Waals surface area contributed by atoms with E-state index in [1.54, 1.807) is 0 Å². The third kappa shape index (κ3) is 2.84. The molecular weight excluding hydrogens is 260 g/mol. The average Bonchev–Trinajstić information content (AvgIpc) is 3.03. The van der Waals surface area contributed by atoms with Crippen LogP contribution in [0.1, 0.15) is 36.0 Å². The largest absolute Gasteiger partial charge is 0.340 e. The van der Waals surface area contributed by atoms with E-state index in [1.807, 2.05) is 11.9 Å². The molecule has 1 heterocycles. The van der Waals surface area contributed by atoms with Gasteiger partial charge >= 0.3 is 0 Å². The van der Waals surface area contributed by atoms with E-state index in [4.69, 9.17) is 0 Å². The lowest BCUT2D eigenvalue weighted by molar-refractivity contribution is -0.133. The molecule has 1 amide bonds. The molecule has 0 spiro atoms. The first-order valence-corrected chi connectivity index (χ1v) is 8.11. The van der Waals surface area contributed by atoms with Crippen molar-refractivity contribution in [3.05, 3.63) is 34.9 Å². The summed E-state index contributed by atoms with van der Waals surface area (Å²) in [5, 5.41) is 3.46. The van der Waals surface area contributed by atoms with Gasteiger partial charge in [0.05, 0.1) is 6.04 Å². The Labute approximate surface area is 127 Å². The Kier molecular flexibility index (Phi) is 4.03. The molecule has 1 saturated heterocycles. The van der Waals surface area contributed by atoms with Gasteiger partial charge in [-0.25, -0.2) is 0 Å². The summed E-state index contributed by atoms with van der Waals surface area (Å²) in [5.41, 5.74) is 3.79. The Morgan fingerprint density at radius 3 is 2.90 bits per heavy atom. The number of benzene rings is 1. The number of nitrogens with zero attached hydrogens (tertiary/aromatic N) is 1. The van der Waals surface area contributed by atoms with E-state index in [9.17, 15) is 4.79 Å². The first kappa shape index (κ1) is 14.6. The first-order valence-electron chi connectivity index (χ1n) is 8.11.